The van der Waals surface area contributed by atoms with Crippen LogP contribution < -0.4 is 26.3 Å². The Kier molecular flexibility index (Phi) is 7.92. The number of likely N-dealkylation sites (tertiary alicyclic amines) is 1. The SMILES string of the molecule is C=CC[N+]1(C)CC[C@]23c4c5ccc(OC(=O)N(C)CCNC(=O)[C@@H](N)CCCCN)c4O[C@H]2C(=O)CC[C@@]3(O)[C@H]1C5. The van der Waals surface area contributed by atoms with Crippen LogP contribution in [0.5, 0.6) is 11.5 Å². The highest BCUT2D eigenvalue weighted by Gasteiger charge is 2.76. The Balaban J connectivity index is 1.33. The quantitative estimate of drug-likeness (QED) is 0.172. The van der Waals surface area contributed by atoms with E-state index in [2.05, 4.69) is 18.9 Å². The first-order valence-corrected chi connectivity index (χ1v) is 14.7. The molecule has 224 valence electrons. The summed E-state index contributed by atoms with van der Waals surface area (Å²) >= 11 is 0. The molecule has 2 aliphatic heterocycles. The number of nitrogens with one attached hydrogen (secondary N) is 1. The maximum absolute atomic E-state index is 13.3. The van der Waals surface area contributed by atoms with Crippen molar-refractivity contribution < 1.29 is 33.4 Å². The van der Waals surface area contributed by atoms with E-state index >= 15 is 0 Å². The number of quaternary nitrogens is 1. The Bertz CT molecular complexity index is 1240. The number of carbonyl (C=O) groups is 3. The fourth-order valence-electron chi connectivity index (χ4n) is 7.79. The summed E-state index contributed by atoms with van der Waals surface area (Å²) in [6.45, 7) is 6.46. The number of likely N-dealkylation sites (N-methyl/N-ethyl adjacent to an activating group) is 2. The molecule has 6 atom stereocenters. The second-order valence-corrected chi connectivity index (χ2v) is 12.4. The molecule has 11 heteroatoms. The molecule has 6 N–H and O–H groups in total. The minimum atomic E-state index is -1.12. The van der Waals surface area contributed by atoms with Crippen LogP contribution in [-0.2, 0) is 21.4 Å². The van der Waals surface area contributed by atoms with E-state index in [-0.39, 0.29) is 43.0 Å². The monoisotopic (exact) mass is 570 g/mol. The van der Waals surface area contributed by atoms with Gasteiger partial charge in [-0.1, -0.05) is 19.1 Å². The van der Waals surface area contributed by atoms with Crippen LogP contribution in [-0.4, -0.2) is 103 Å². The van der Waals surface area contributed by atoms with Crippen LogP contribution in [0.3, 0.4) is 0 Å². The number of piperidine rings is 1. The number of ether oxygens (including phenoxy) is 2. The number of ketones is 1. The average molecular weight is 571 g/mol. The second-order valence-electron chi connectivity index (χ2n) is 12.4. The molecule has 1 aromatic carbocycles. The van der Waals surface area contributed by atoms with Gasteiger partial charge in [-0.15, -0.1) is 0 Å². The number of unbranched alkanes of at least 4 members (excludes halogenated alkanes) is 1. The van der Waals surface area contributed by atoms with Gasteiger partial charge in [-0.2, -0.15) is 0 Å². The van der Waals surface area contributed by atoms with E-state index in [1.807, 2.05) is 12.1 Å². The van der Waals surface area contributed by atoms with Crippen molar-refractivity contribution in [1.29, 1.82) is 0 Å². The van der Waals surface area contributed by atoms with Crippen LogP contribution in [0.25, 0.3) is 0 Å². The van der Waals surface area contributed by atoms with Crippen molar-refractivity contribution in [3.63, 3.8) is 0 Å². The zero-order valence-corrected chi connectivity index (χ0v) is 24.2. The van der Waals surface area contributed by atoms with Crippen LogP contribution in [0.1, 0.15) is 49.7 Å². The van der Waals surface area contributed by atoms with Crippen LogP contribution in [0.4, 0.5) is 4.79 Å². The molecule has 2 amide bonds. The molecule has 5 rings (SSSR count). The number of rotatable bonds is 11. The molecular weight excluding hydrogens is 526 g/mol. The molecule has 1 saturated heterocycles. The third kappa shape index (κ3) is 4.63. The molecule has 2 heterocycles. The Morgan fingerprint density at radius 1 is 1.37 bits per heavy atom. The smallest absolute Gasteiger partial charge is 0.415 e. The molecule has 1 spiro atoms. The van der Waals surface area contributed by atoms with Gasteiger partial charge in [0.2, 0.25) is 5.91 Å². The molecular formula is C30H44N5O6+. The first kappa shape index (κ1) is 29.5. The molecule has 2 fully saturated rings. The predicted molar refractivity (Wildman–Crippen MR) is 152 cm³/mol. The van der Waals surface area contributed by atoms with Crippen LogP contribution in [0.15, 0.2) is 24.8 Å². The molecule has 2 aliphatic carbocycles. The van der Waals surface area contributed by atoms with Crippen molar-refractivity contribution in [2.75, 3.05) is 46.8 Å². The van der Waals surface area contributed by atoms with E-state index in [4.69, 9.17) is 20.9 Å². The fraction of sp³-hybridized carbons (Fsp3) is 0.633. The lowest BCUT2D eigenvalue weighted by atomic mass is 9.48. The minimum Gasteiger partial charge on any atom is -0.477 e. The van der Waals surface area contributed by atoms with Crippen LogP contribution in [0, 0.1) is 0 Å². The Morgan fingerprint density at radius 2 is 2.15 bits per heavy atom. The molecule has 0 radical (unpaired) electrons. The van der Waals surface area contributed by atoms with E-state index in [1.54, 1.807) is 13.1 Å². The van der Waals surface area contributed by atoms with Gasteiger partial charge in [-0.3, -0.25) is 9.59 Å². The summed E-state index contributed by atoms with van der Waals surface area (Å²) in [6.07, 6.45) is 4.48. The summed E-state index contributed by atoms with van der Waals surface area (Å²) in [5, 5.41) is 15.2. The number of amides is 2. The summed E-state index contributed by atoms with van der Waals surface area (Å²) in [5.41, 5.74) is 11.3. The van der Waals surface area contributed by atoms with E-state index in [0.29, 0.717) is 42.5 Å². The van der Waals surface area contributed by atoms with Crippen molar-refractivity contribution in [2.24, 2.45) is 11.5 Å². The Morgan fingerprint density at radius 3 is 2.88 bits per heavy atom. The third-order valence-corrected chi connectivity index (χ3v) is 10.00. The molecule has 1 aromatic rings. The van der Waals surface area contributed by atoms with Gasteiger partial charge in [0.05, 0.1) is 31.6 Å². The van der Waals surface area contributed by atoms with E-state index in [9.17, 15) is 19.5 Å². The maximum Gasteiger partial charge on any atom is 0.415 e. The third-order valence-electron chi connectivity index (χ3n) is 10.00. The maximum atomic E-state index is 13.3. The highest BCUT2D eigenvalue weighted by atomic mass is 16.6. The lowest BCUT2D eigenvalue weighted by Crippen LogP contribution is -2.80. The first-order chi connectivity index (χ1) is 19.5. The predicted octanol–water partition coefficient (Wildman–Crippen LogP) is 0.744. The molecule has 0 aromatic heterocycles. The Hall–Kier alpha value is -2.99. The van der Waals surface area contributed by atoms with Crippen LogP contribution in [0.2, 0.25) is 0 Å². The molecule has 2 bridgehead atoms. The summed E-state index contributed by atoms with van der Waals surface area (Å²) in [6, 6.07) is 2.94. The number of carbonyl (C=O) groups excluding carboxylic acids is 3. The summed E-state index contributed by atoms with van der Waals surface area (Å²) < 4.78 is 12.8. The van der Waals surface area contributed by atoms with Gasteiger partial charge in [0.25, 0.3) is 0 Å². The fourth-order valence-corrected chi connectivity index (χ4v) is 7.79. The zero-order valence-electron chi connectivity index (χ0n) is 24.2. The van der Waals surface area contributed by atoms with Crippen LogP contribution >= 0.6 is 0 Å². The van der Waals surface area contributed by atoms with Crippen molar-refractivity contribution in [2.45, 2.75) is 74.1 Å². The number of benzene rings is 1. The lowest BCUT2D eigenvalue weighted by molar-refractivity contribution is -0.944. The first-order valence-electron chi connectivity index (χ1n) is 14.7. The van der Waals surface area contributed by atoms with Gasteiger partial charge in [-0.25, -0.2) is 4.79 Å². The zero-order chi connectivity index (χ0) is 29.6. The van der Waals surface area contributed by atoms with Crippen molar-refractivity contribution in [1.82, 2.24) is 10.2 Å². The van der Waals surface area contributed by atoms with Crippen molar-refractivity contribution >= 4 is 17.8 Å². The molecule has 41 heavy (non-hydrogen) atoms. The van der Waals surface area contributed by atoms with E-state index in [0.717, 1.165) is 37.1 Å². The van der Waals surface area contributed by atoms with Crippen molar-refractivity contribution in [3.05, 3.63) is 35.9 Å². The van der Waals surface area contributed by atoms with E-state index in [1.165, 1.54) is 4.90 Å². The van der Waals surface area contributed by atoms with Crippen molar-refractivity contribution in [3.8, 4) is 11.5 Å². The van der Waals surface area contributed by atoms with Gasteiger partial charge in [0.15, 0.2) is 23.4 Å². The van der Waals surface area contributed by atoms with E-state index < -0.39 is 29.3 Å². The number of nitrogens with two attached hydrogens (primary N) is 2. The highest BCUT2D eigenvalue weighted by molar-refractivity contribution is 5.90. The minimum absolute atomic E-state index is 0.0244. The summed E-state index contributed by atoms with van der Waals surface area (Å²) in [7, 11) is 3.74. The normalized spacial score (nSPS) is 31.5. The van der Waals surface area contributed by atoms with Gasteiger partial charge >= 0.3 is 6.09 Å². The topological polar surface area (TPSA) is 157 Å². The lowest BCUT2D eigenvalue weighted by Gasteiger charge is -2.64. The summed E-state index contributed by atoms with van der Waals surface area (Å²) in [4.78, 5) is 39.9. The largest absolute Gasteiger partial charge is 0.477 e. The molecule has 1 saturated carbocycles. The number of Topliss-reactive ketones (excluding diaryl/α,β-unsaturated/α-hetero) is 1. The molecule has 1 unspecified atom stereocenters. The summed E-state index contributed by atoms with van der Waals surface area (Å²) in [5.74, 6) is 0.326. The highest BCUT2D eigenvalue weighted by Crippen LogP contribution is 2.65. The van der Waals surface area contributed by atoms with Gasteiger partial charge in [-0.05, 0) is 43.5 Å². The number of aliphatic hydroxyl groups is 1. The van der Waals surface area contributed by atoms with Gasteiger partial charge in [0, 0.05) is 45.0 Å². The molecule has 4 aliphatic rings. The number of nitrogens with zero attached hydrogens (tertiary/aromatic N) is 2. The standard InChI is InChI=1S/C30H43N5O6/c1-4-16-35(3)17-12-29-24-19-8-9-22(25(24)41-26(29)21(36)10-11-30(29,39)23(35)18-19)40-28(38)34(2)15-14-33-27(37)20(32)7-5-6-13-31/h4,8-9,20,23,26,39H,1,5-7,10-18,31-32H2,2-3H3/p+1/t20-,23+,26-,29-,30+,35?/m0/s1. The number of hydrogen-bond donors (Lipinski definition) is 4. The van der Waals surface area contributed by atoms with Gasteiger partial charge < -0.3 is 40.7 Å². The molecule has 11 nitrogen and oxygen atoms in total. The Labute approximate surface area is 241 Å². The number of hydrogen-bond acceptors (Lipinski definition) is 8. The average Bonchev–Trinajstić information content (AvgIpc) is 3.30. The van der Waals surface area contributed by atoms with Gasteiger partial charge in [0.1, 0.15) is 11.6 Å². The second kappa shape index (κ2) is 11.0.